The van der Waals surface area contributed by atoms with Gasteiger partial charge in [0, 0.05) is 22.4 Å². The molecule has 0 saturated heterocycles. The molecule has 0 bridgehead atoms. The number of nitrogens with zero attached hydrogens (tertiary/aromatic N) is 1. The van der Waals surface area contributed by atoms with Crippen molar-refractivity contribution in [2.75, 3.05) is 20.6 Å². The van der Waals surface area contributed by atoms with E-state index in [0.717, 1.165) is 12.3 Å². The van der Waals surface area contributed by atoms with Crippen LogP contribution in [-0.2, 0) is 0 Å². The molecule has 2 rings (SSSR count). The van der Waals surface area contributed by atoms with Gasteiger partial charge in [-0.2, -0.15) is 0 Å². The predicted molar refractivity (Wildman–Crippen MR) is 86.9 cm³/mol. The second-order valence-electron chi connectivity index (χ2n) is 5.25. The molecule has 1 aromatic heterocycles. The van der Waals surface area contributed by atoms with E-state index in [1.807, 2.05) is 24.3 Å². The third kappa shape index (κ3) is 4.23. The fourth-order valence-electron chi connectivity index (χ4n) is 2.27. The van der Waals surface area contributed by atoms with Gasteiger partial charge in [-0.25, -0.2) is 0 Å². The van der Waals surface area contributed by atoms with E-state index in [2.05, 4.69) is 43.4 Å². The first-order chi connectivity index (χ1) is 9.56. The van der Waals surface area contributed by atoms with Gasteiger partial charge < -0.3 is 9.64 Å². The van der Waals surface area contributed by atoms with Crippen LogP contribution in [0, 0.1) is 5.92 Å². The summed E-state index contributed by atoms with van der Waals surface area (Å²) >= 11 is 7.76. The van der Waals surface area contributed by atoms with Gasteiger partial charge in [-0.15, -0.1) is 11.3 Å². The number of ether oxygens (including phenoxy) is 1. The highest BCUT2D eigenvalue weighted by molar-refractivity contribution is 7.10. The first kappa shape index (κ1) is 15.4. The highest BCUT2D eigenvalue weighted by atomic mass is 35.5. The highest BCUT2D eigenvalue weighted by Crippen LogP contribution is 2.32. The molecule has 0 radical (unpaired) electrons. The van der Waals surface area contributed by atoms with Gasteiger partial charge in [0.2, 0.25) is 0 Å². The number of halogens is 1. The van der Waals surface area contributed by atoms with Crippen LogP contribution >= 0.6 is 22.9 Å². The maximum absolute atomic E-state index is 6.20. The van der Waals surface area contributed by atoms with Gasteiger partial charge in [-0.05, 0) is 43.7 Å². The number of thiophene rings is 1. The summed E-state index contributed by atoms with van der Waals surface area (Å²) < 4.78 is 6.20. The number of hydrogen-bond donors (Lipinski definition) is 0. The Bertz CT molecular complexity index is 527. The van der Waals surface area contributed by atoms with Gasteiger partial charge in [-0.3, -0.25) is 0 Å². The Morgan fingerprint density at radius 2 is 2.05 bits per heavy atom. The summed E-state index contributed by atoms with van der Waals surface area (Å²) in [5, 5.41) is 2.79. The normalized spacial score (nSPS) is 14.2. The molecule has 0 aliphatic carbocycles. The lowest BCUT2D eigenvalue weighted by Gasteiger charge is -2.26. The summed E-state index contributed by atoms with van der Waals surface area (Å²) in [5.74, 6) is 1.21. The Morgan fingerprint density at radius 1 is 1.25 bits per heavy atom. The lowest BCUT2D eigenvalue weighted by molar-refractivity contribution is 0.127. The molecule has 0 amide bonds. The van der Waals surface area contributed by atoms with Gasteiger partial charge >= 0.3 is 0 Å². The van der Waals surface area contributed by atoms with E-state index < -0.39 is 0 Å². The standard InChI is InChI=1S/C16H20ClNOS/c1-12(11-18(2)3)16(15-8-5-9-20-15)19-14-7-4-6-13(17)10-14/h4-10,12,16H,11H2,1-3H3. The van der Waals surface area contributed by atoms with Crippen LogP contribution in [-0.4, -0.2) is 25.5 Å². The van der Waals surface area contributed by atoms with Crippen molar-refractivity contribution in [3.8, 4) is 5.75 Å². The molecule has 2 nitrogen and oxygen atoms in total. The molecule has 0 aliphatic rings. The maximum atomic E-state index is 6.20. The van der Waals surface area contributed by atoms with Crippen LogP contribution in [0.1, 0.15) is 17.9 Å². The van der Waals surface area contributed by atoms with Crippen LogP contribution in [0.3, 0.4) is 0 Å². The van der Waals surface area contributed by atoms with Crippen LogP contribution < -0.4 is 4.74 Å². The van der Waals surface area contributed by atoms with Crippen molar-refractivity contribution in [3.05, 3.63) is 51.7 Å². The molecule has 2 unspecified atom stereocenters. The third-order valence-corrected chi connectivity index (χ3v) is 4.22. The van der Waals surface area contributed by atoms with Crippen molar-refractivity contribution < 1.29 is 4.74 Å². The third-order valence-electron chi connectivity index (χ3n) is 3.05. The molecule has 1 aromatic carbocycles. The number of hydrogen-bond acceptors (Lipinski definition) is 3. The van der Waals surface area contributed by atoms with Crippen LogP contribution in [0.15, 0.2) is 41.8 Å². The topological polar surface area (TPSA) is 12.5 Å². The van der Waals surface area contributed by atoms with Crippen molar-refractivity contribution in [1.82, 2.24) is 4.90 Å². The van der Waals surface area contributed by atoms with E-state index in [4.69, 9.17) is 16.3 Å². The molecule has 4 heteroatoms. The molecule has 108 valence electrons. The molecule has 0 saturated carbocycles. The molecule has 0 N–H and O–H groups in total. The molecular formula is C16H20ClNOS. The average molecular weight is 310 g/mol. The summed E-state index contributed by atoms with van der Waals surface area (Å²) in [4.78, 5) is 3.44. The Morgan fingerprint density at radius 3 is 2.65 bits per heavy atom. The zero-order chi connectivity index (χ0) is 14.5. The van der Waals surface area contributed by atoms with Crippen LogP contribution in [0.4, 0.5) is 0 Å². The van der Waals surface area contributed by atoms with E-state index >= 15 is 0 Å². The monoisotopic (exact) mass is 309 g/mol. The minimum absolute atomic E-state index is 0.0517. The van der Waals surface area contributed by atoms with Crippen molar-refractivity contribution in [2.45, 2.75) is 13.0 Å². The number of benzene rings is 1. The molecular weight excluding hydrogens is 290 g/mol. The maximum Gasteiger partial charge on any atom is 0.137 e. The molecule has 0 fully saturated rings. The second-order valence-corrected chi connectivity index (χ2v) is 6.67. The summed E-state index contributed by atoms with van der Waals surface area (Å²) in [6.07, 6.45) is 0.0517. The van der Waals surface area contributed by atoms with E-state index in [1.165, 1.54) is 4.88 Å². The Hall–Kier alpha value is -1.03. The fourth-order valence-corrected chi connectivity index (χ4v) is 3.33. The smallest absolute Gasteiger partial charge is 0.137 e. The van der Waals surface area contributed by atoms with E-state index in [-0.39, 0.29) is 6.10 Å². The molecule has 0 spiro atoms. The minimum Gasteiger partial charge on any atom is -0.485 e. The zero-order valence-electron chi connectivity index (χ0n) is 12.0. The van der Waals surface area contributed by atoms with Gasteiger partial charge in [-0.1, -0.05) is 30.7 Å². The largest absolute Gasteiger partial charge is 0.485 e. The molecule has 2 aromatic rings. The summed E-state index contributed by atoms with van der Waals surface area (Å²) in [7, 11) is 4.17. The first-order valence-electron chi connectivity index (χ1n) is 6.66. The molecule has 2 atom stereocenters. The van der Waals surface area contributed by atoms with Crippen molar-refractivity contribution >= 4 is 22.9 Å². The average Bonchev–Trinajstić information content (AvgIpc) is 2.88. The lowest BCUT2D eigenvalue weighted by Crippen LogP contribution is -2.27. The molecule has 20 heavy (non-hydrogen) atoms. The lowest BCUT2D eigenvalue weighted by atomic mass is 10.0. The van der Waals surface area contributed by atoms with Crippen molar-refractivity contribution in [3.63, 3.8) is 0 Å². The van der Waals surface area contributed by atoms with Gasteiger partial charge in [0.15, 0.2) is 0 Å². The van der Waals surface area contributed by atoms with Gasteiger partial charge in [0.25, 0.3) is 0 Å². The Kier molecular flexibility index (Phi) is 5.46. The van der Waals surface area contributed by atoms with Gasteiger partial charge in [0.1, 0.15) is 11.9 Å². The highest BCUT2D eigenvalue weighted by Gasteiger charge is 2.23. The zero-order valence-corrected chi connectivity index (χ0v) is 13.6. The minimum atomic E-state index is 0.0517. The Labute approximate surface area is 129 Å². The van der Waals surface area contributed by atoms with Crippen molar-refractivity contribution in [2.24, 2.45) is 5.92 Å². The fraction of sp³-hybridized carbons (Fsp3) is 0.375. The second kappa shape index (κ2) is 7.11. The Balaban J connectivity index is 2.19. The summed E-state index contributed by atoms with van der Waals surface area (Å²) in [5.41, 5.74) is 0. The van der Waals surface area contributed by atoms with Crippen LogP contribution in [0.25, 0.3) is 0 Å². The SMILES string of the molecule is CC(CN(C)C)C(Oc1cccc(Cl)c1)c1cccs1. The van der Waals surface area contributed by atoms with Crippen LogP contribution in [0.2, 0.25) is 5.02 Å². The quantitative estimate of drug-likeness (QED) is 0.765. The van der Waals surface area contributed by atoms with E-state index in [0.29, 0.717) is 10.9 Å². The van der Waals surface area contributed by atoms with E-state index in [1.54, 1.807) is 11.3 Å². The summed E-state index contributed by atoms with van der Waals surface area (Å²) in [6.45, 7) is 3.19. The summed E-state index contributed by atoms with van der Waals surface area (Å²) in [6, 6.07) is 11.8. The van der Waals surface area contributed by atoms with Crippen molar-refractivity contribution in [1.29, 1.82) is 0 Å². The molecule has 0 aliphatic heterocycles. The van der Waals surface area contributed by atoms with Gasteiger partial charge in [0.05, 0.1) is 0 Å². The van der Waals surface area contributed by atoms with Crippen LogP contribution in [0.5, 0.6) is 5.75 Å². The predicted octanol–water partition coefficient (Wildman–Crippen LogP) is 4.72. The molecule has 1 heterocycles. The number of rotatable bonds is 6. The van der Waals surface area contributed by atoms with E-state index in [9.17, 15) is 0 Å². The first-order valence-corrected chi connectivity index (χ1v) is 7.92.